The van der Waals surface area contributed by atoms with E-state index in [4.69, 9.17) is 0 Å². The Morgan fingerprint density at radius 3 is 2.77 bits per heavy atom. The molecule has 0 saturated carbocycles. The summed E-state index contributed by atoms with van der Waals surface area (Å²) in [4.78, 5) is 2.49. The molecule has 126 valence electrons. The van der Waals surface area contributed by atoms with E-state index in [1.54, 1.807) is 0 Å². The average Bonchev–Trinajstić information content (AvgIpc) is 2.74. The third kappa shape index (κ3) is 4.97. The topological polar surface area (TPSA) is 20.3 Å². The zero-order valence-corrected chi connectivity index (χ0v) is 15.4. The second kappa shape index (κ2) is 8.90. The molecule has 1 saturated heterocycles. The van der Waals surface area contributed by atoms with Crippen LogP contribution in [0.1, 0.15) is 52.9 Å². The van der Waals surface area contributed by atoms with Gasteiger partial charge in [-0.05, 0) is 43.1 Å². The van der Waals surface area contributed by atoms with Crippen LogP contribution in [-0.4, -0.2) is 33.7 Å². The summed E-state index contributed by atoms with van der Waals surface area (Å²) in [6.45, 7) is 9.04. The van der Waals surface area contributed by atoms with Gasteiger partial charge in [0.25, 0.3) is 0 Å². The van der Waals surface area contributed by atoms with Gasteiger partial charge in [0.1, 0.15) is 0 Å². The summed E-state index contributed by atoms with van der Waals surface area (Å²) in [6.07, 6.45) is 13.0. The van der Waals surface area contributed by atoms with Gasteiger partial charge in [0, 0.05) is 41.1 Å². The normalized spacial score (nSPS) is 28.9. The third-order valence-electron chi connectivity index (χ3n) is 5.44. The predicted molar refractivity (Wildman–Crippen MR) is 97.2 cm³/mol. The molecule has 0 N–H and O–H groups in total. The van der Waals surface area contributed by atoms with E-state index in [0.717, 1.165) is 42.9 Å². The van der Waals surface area contributed by atoms with E-state index in [-0.39, 0.29) is 0 Å². The van der Waals surface area contributed by atoms with Crippen LogP contribution in [0.3, 0.4) is 0 Å². The molecular formula is C19H33NOS. The standard InChI is InChI=1S/C19H33NOS/c1-4-16(3)18(5-2)13-17-14-20(11-12-22(21)15-17)19-9-7-6-8-10-19/h7,9-10,16-18H,4-6,8,11-15H2,1-3H3. The van der Waals surface area contributed by atoms with Crippen LogP contribution in [0.2, 0.25) is 0 Å². The Morgan fingerprint density at radius 1 is 1.32 bits per heavy atom. The van der Waals surface area contributed by atoms with Crippen LogP contribution >= 0.6 is 0 Å². The monoisotopic (exact) mass is 323 g/mol. The van der Waals surface area contributed by atoms with Crippen LogP contribution in [-0.2, 0) is 10.8 Å². The quantitative estimate of drug-likeness (QED) is 0.724. The van der Waals surface area contributed by atoms with Gasteiger partial charge in [-0.3, -0.25) is 4.21 Å². The molecule has 0 bridgehead atoms. The summed E-state index contributed by atoms with van der Waals surface area (Å²) in [5.74, 6) is 3.88. The first-order chi connectivity index (χ1) is 10.6. The van der Waals surface area contributed by atoms with Crippen molar-refractivity contribution < 1.29 is 4.21 Å². The summed E-state index contributed by atoms with van der Waals surface area (Å²) < 4.78 is 12.3. The smallest absolute Gasteiger partial charge is 0.0410 e. The molecule has 2 rings (SSSR count). The van der Waals surface area contributed by atoms with Crippen LogP contribution < -0.4 is 0 Å². The van der Waals surface area contributed by atoms with Crippen molar-refractivity contribution in [1.82, 2.24) is 4.90 Å². The van der Waals surface area contributed by atoms with E-state index >= 15 is 0 Å². The largest absolute Gasteiger partial charge is 0.371 e. The lowest BCUT2D eigenvalue weighted by Gasteiger charge is -2.31. The molecule has 2 nitrogen and oxygen atoms in total. The lowest BCUT2D eigenvalue weighted by atomic mass is 9.82. The summed E-state index contributed by atoms with van der Waals surface area (Å²) in [5.41, 5.74) is 1.37. The molecule has 2 aliphatic rings. The number of hydrogen-bond donors (Lipinski definition) is 0. The molecule has 0 radical (unpaired) electrons. The Morgan fingerprint density at radius 2 is 2.14 bits per heavy atom. The minimum Gasteiger partial charge on any atom is -0.371 e. The summed E-state index contributed by atoms with van der Waals surface area (Å²) in [5, 5.41) is 0. The maximum Gasteiger partial charge on any atom is 0.0410 e. The molecule has 0 spiro atoms. The number of nitrogens with zero attached hydrogens (tertiary/aromatic N) is 1. The van der Waals surface area contributed by atoms with Crippen LogP contribution in [0.4, 0.5) is 0 Å². The molecule has 1 heterocycles. The van der Waals surface area contributed by atoms with Gasteiger partial charge in [-0.15, -0.1) is 0 Å². The highest BCUT2D eigenvalue weighted by atomic mass is 32.2. The van der Waals surface area contributed by atoms with Crippen molar-refractivity contribution in [3.63, 3.8) is 0 Å². The Bertz CT molecular complexity index is 429. The van der Waals surface area contributed by atoms with E-state index in [1.807, 2.05) is 0 Å². The molecule has 0 aromatic carbocycles. The Kier molecular flexibility index (Phi) is 7.20. The van der Waals surface area contributed by atoms with E-state index in [2.05, 4.69) is 43.9 Å². The number of allylic oxidation sites excluding steroid dienone is 3. The molecule has 0 aromatic rings. The number of hydrogen-bond acceptors (Lipinski definition) is 2. The van der Waals surface area contributed by atoms with E-state index < -0.39 is 10.8 Å². The van der Waals surface area contributed by atoms with Gasteiger partial charge in [0.2, 0.25) is 0 Å². The first-order valence-corrected chi connectivity index (χ1v) is 10.6. The first kappa shape index (κ1) is 17.8. The van der Waals surface area contributed by atoms with Crippen molar-refractivity contribution in [1.29, 1.82) is 0 Å². The van der Waals surface area contributed by atoms with Crippen LogP contribution in [0.25, 0.3) is 0 Å². The molecule has 0 amide bonds. The highest BCUT2D eigenvalue weighted by Gasteiger charge is 2.26. The van der Waals surface area contributed by atoms with Crippen molar-refractivity contribution in [2.45, 2.75) is 52.9 Å². The first-order valence-electron chi connectivity index (χ1n) is 9.10. The summed E-state index contributed by atoms with van der Waals surface area (Å²) in [6, 6.07) is 0. The molecule has 3 heteroatoms. The Labute approximate surface area is 139 Å². The zero-order chi connectivity index (χ0) is 15.9. The Hall–Kier alpha value is -0.570. The fraction of sp³-hybridized carbons (Fsp3) is 0.789. The third-order valence-corrected chi connectivity index (χ3v) is 6.92. The van der Waals surface area contributed by atoms with Gasteiger partial charge in [-0.25, -0.2) is 0 Å². The van der Waals surface area contributed by atoms with E-state index in [0.29, 0.717) is 5.92 Å². The fourth-order valence-corrected chi connectivity index (χ4v) is 5.15. The lowest BCUT2D eigenvalue weighted by molar-refractivity contribution is 0.240. The summed E-state index contributed by atoms with van der Waals surface area (Å²) in [7, 11) is -0.639. The van der Waals surface area contributed by atoms with Crippen molar-refractivity contribution in [2.24, 2.45) is 17.8 Å². The molecule has 0 aromatic heterocycles. The lowest BCUT2D eigenvalue weighted by Crippen LogP contribution is -2.31. The van der Waals surface area contributed by atoms with Gasteiger partial charge < -0.3 is 4.90 Å². The number of rotatable bonds is 6. The van der Waals surface area contributed by atoms with Gasteiger partial charge in [-0.2, -0.15) is 0 Å². The van der Waals surface area contributed by atoms with E-state index in [1.165, 1.54) is 31.4 Å². The highest BCUT2D eigenvalue weighted by Crippen LogP contribution is 2.29. The average molecular weight is 324 g/mol. The second-order valence-corrected chi connectivity index (χ2v) is 8.64. The zero-order valence-electron chi connectivity index (χ0n) is 14.6. The minimum atomic E-state index is -0.639. The molecular weight excluding hydrogens is 290 g/mol. The van der Waals surface area contributed by atoms with Gasteiger partial charge in [-0.1, -0.05) is 45.8 Å². The fourth-order valence-electron chi connectivity index (χ4n) is 3.79. The van der Waals surface area contributed by atoms with E-state index in [9.17, 15) is 4.21 Å². The molecule has 1 aliphatic carbocycles. The molecule has 4 atom stereocenters. The van der Waals surface area contributed by atoms with Crippen molar-refractivity contribution in [3.8, 4) is 0 Å². The maximum absolute atomic E-state index is 12.3. The van der Waals surface area contributed by atoms with Gasteiger partial charge in [0.15, 0.2) is 0 Å². The van der Waals surface area contributed by atoms with Crippen molar-refractivity contribution in [3.05, 3.63) is 23.9 Å². The van der Waals surface area contributed by atoms with Crippen molar-refractivity contribution >= 4 is 10.8 Å². The van der Waals surface area contributed by atoms with Crippen LogP contribution in [0.5, 0.6) is 0 Å². The SMILES string of the molecule is CCC(C)C(CC)CC1CN(C2=CCCC=C2)CCS(=O)C1. The maximum atomic E-state index is 12.3. The molecule has 22 heavy (non-hydrogen) atoms. The highest BCUT2D eigenvalue weighted by molar-refractivity contribution is 7.85. The van der Waals surface area contributed by atoms with Crippen LogP contribution in [0.15, 0.2) is 23.9 Å². The summed E-state index contributed by atoms with van der Waals surface area (Å²) >= 11 is 0. The minimum absolute atomic E-state index is 0.582. The molecule has 1 aliphatic heterocycles. The Balaban J connectivity index is 2.03. The van der Waals surface area contributed by atoms with Crippen molar-refractivity contribution in [2.75, 3.05) is 24.6 Å². The molecule has 1 fully saturated rings. The molecule has 4 unspecified atom stereocenters. The van der Waals surface area contributed by atoms with Gasteiger partial charge >= 0.3 is 0 Å². The predicted octanol–water partition coefficient (Wildman–Crippen LogP) is 4.36. The van der Waals surface area contributed by atoms with Gasteiger partial charge in [0.05, 0.1) is 0 Å². The second-order valence-electron chi connectivity index (χ2n) is 7.02. The van der Waals surface area contributed by atoms with Crippen LogP contribution in [0, 0.1) is 17.8 Å².